The topological polar surface area (TPSA) is 92.1 Å². The molecule has 0 radical (unpaired) electrons. The molecule has 4 heterocycles. The number of fused-ring (bicyclic) bond motifs is 2. The second-order valence-corrected chi connectivity index (χ2v) is 13.5. The molecule has 1 N–H and O–H groups in total. The lowest BCUT2D eigenvalue weighted by Crippen LogP contribution is -2.40. The van der Waals surface area contributed by atoms with Crippen LogP contribution in [0.4, 0.5) is 14.9 Å². The molecule has 2 aromatic heterocycles. The SMILES string of the molecule is C[C@@H]1c2ccccc2CCN1C(=O)c1cc(C2CC2)n2nc(-c3ccc(N4CC[C@@H](NC(=O)OC(C)(C)C)C4)cc3F)cc2n1. The van der Waals surface area contributed by atoms with Crippen LogP contribution in [0.3, 0.4) is 0 Å². The molecule has 2 aliphatic heterocycles. The van der Waals surface area contributed by atoms with Crippen LogP contribution < -0.4 is 10.2 Å². The number of alkyl carbamates (subject to hydrolysis) is 1. The van der Waals surface area contributed by atoms with Gasteiger partial charge in [0.25, 0.3) is 5.91 Å². The smallest absolute Gasteiger partial charge is 0.407 e. The Balaban J connectivity index is 1.12. The molecule has 2 aromatic carbocycles. The highest BCUT2D eigenvalue weighted by Crippen LogP contribution is 2.41. The van der Waals surface area contributed by atoms with Crippen LogP contribution in [0, 0.1) is 5.82 Å². The van der Waals surface area contributed by atoms with Gasteiger partial charge >= 0.3 is 6.09 Å². The van der Waals surface area contributed by atoms with Crippen LogP contribution in [-0.4, -0.2) is 62.8 Å². The molecule has 1 aliphatic carbocycles. The second kappa shape index (κ2) is 11.2. The second-order valence-electron chi connectivity index (χ2n) is 13.5. The fraction of sp³-hybridized carbons (Fsp3) is 0.429. The number of nitrogens with zero attached hydrogens (tertiary/aromatic N) is 5. The van der Waals surface area contributed by atoms with Crippen LogP contribution >= 0.6 is 0 Å². The fourth-order valence-electron chi connectivity index (χ4n) is 6.60. The summed E-state index contributed by atoms with van der Waals surface area (Å²) < 4.78 is 22.8. The van der Waals surface area contributed by atoms with Crippen molar-refractivity contribution < 1.29 is 18.7 Å². The quantitative estimate of drug-likeness (QED) is 0.286. The average Bonchev–Trinajstić information content (AvgIpc) is 3.59. The summed E-state index contributed by atoms with van der Waals surface area (Å²) in [5, 5.41) is 7.70. The molecule has 9 nitrogen and oxygen atoms in total. The lowest BCUT2D eigenvalue weighted by atomic mass is 9.93. The Morgan fingerprint density at radius 2 is 1.82 bits per heavy atom. The third-order valence-corrected chi connectivity index (χ3v) is 9.03. The number of carbonyl (C=O) groups excluding carboxylic acids is 2. The van der Waals surface area contributed by atoms with Crippen LogP contribution in [0.25, 0.3) is 16.9 Å². The summed E-state index contributed by atoms with van der Waals surface area (Å²) in [5.41, 5.74) is 5.38. The van der Waals surface area contributed by atoms with Gasteiger partial charge in [-0.25, -0.2) is 18.7 Å². The fourth-order valence-corrected chi connectivity index (χ4v) is 6.60. The predicted octanol–water partition coefficient (Wildman–Crippen LogP) is 6.28. The summed E-state index contributed by atoms with van der Waals surface area (Å²) in [5.74, 6) is -0.173. The molecular formula is C35H39FN6O3. The van der Waals surface area contributed by atoms with Crippen LogP contribution in [-0.2, 0) is 11.2 Å². The van der Waals surface area contributed by atoms with Crippen molar-refractivity contribution in [2.24, 2.45) is 0 Å². The van der Waals surface area contributed by atoms with Gasteiger partial charge in [0.05, 0.1) is 17.8 Å². The van der Waals surface area contributed by atoms with Crippen molar-refractivity contribution in [3.8, 4) is 11.3 Å². The monoisotopic (exact) mass is 610 g/mol. The predicted molar refractivity (Wildman–Crippen MR) is 170 cm³/mol. The van der Waals surface area contributed by atoms with Crippen molar-refractivity contribution in [3.05, 3.63) is 82.9 Å². The number of hydrogen-bond donors (Lipinski definition) is 1. The summed E-state index contributed by atoms with van der Waals surface area (Å²) in [6, 6.07) is 17.0. The number of carbonyl (C=O) groups is 2. The molecule has 2 fully saturated rings. The highest BCUT2D eigenvalue weighted by atomic mass is 19.1. The zero-order valence-corrected chi connectivity index (χ0v) is 26.2. The van der Waals surface area contributed by atoms with Gasteiger partial charge in [-0.05, 0) is 88.8 Å². The van der Waals surface area contributed by atoms with Crippen molar-refractivity contribution in [3.63, 3.8) is 0 Å². The van der Waals surface area contributed by atoms with Crippen LogP contribution in [0.5, 0.6) is 0 Å². The zero-order chi connectivity index (χ0) is 31.5. The van der Waals surface area contributed by atoms with E-state index < -0.39 is 11.7 Å². The molecule has 45 heavy (non-hydrogen) atoms. The maximum Gasteiger partial charge on any atom is 0.407 e. The Hall–Kier alpha value is -4.47. The normalized spacial score (nSPS) is 19.9. The Bertz CT molecular complexity index is 1790. The third kappa shape index (κ3) is 5.85. The number of amides is 2. The van der Waals surface area contributed by atoms with Gasteiger partial charge in [-0.3, -0.25) is 4.79 Å². The lowest BCUT2D eigenvalue weighted by molar-refractivity contribution is 0.0508. The Morgan fingerprint density at radius 3 is 2.58 bits per heavy atom. The molecule has 0 spiro atoms. The van der Waals surface area contributed by atoms with E-state index in [0.717, 1.165) is 37.1 Å². The first-order valence-corrected chi connectivity index (χ1v) is 15.9. The summed E-state index contributed by atoms with van der Waals surface area (Å²) in [6.07, 6.45) is 3.17. The summed E-state index contributed by atoms with van der Waals surface area (Å²) in [4.78, 5) is 34.8. The number of benzene rings is 2. The van der Waals surface area contributed by atoms with E-state index in [1.807, 2.05) is 49.9 Å². The largest absolute Gasteiger partial charge is 0.444 e. The van der Waals surface area contributed by atoms with Gasteiger partial charge in [0, 0.05) is 48.6 Å². The molecule has 1 saturated carbocycles. The molecule has 2 atom stereocenters. The maximum absolute atomic E-state index is 15.7. The van der Waals surface area contributed by atoms with Crippen molar-refractivity contribution in [1.82, 2.24) is 24.8 Å². The maximum atomic E-state index is 15.7. The van der Waals surface area contributed by atoms with Crippen LogP contribution in [0.15, 0.2) is 54.6 Å². The van der Waals surface area contributed by atoms with Crippen molar-refractivity contribution >= 4 is 23.3 Å². The van der Waals surface area contributed by atoms with Gasteiger partial charge in [0.2, 0.25) is 0 Å². The number of rotatable bonds is 5. The summed E-state index contributed by atoms with van der Waals surface area (Å²) in [7, 11) is 0. The molecule has 234 valence electrons. The molecule has 1 saturated heterocycles. The Morgan fingerprint density at radius 1 is 1.02 bits per heavy atom. The van der Waals surface area contributed by atoms with E-state index in [9.17, 15) is 9.59 Å². The van der Waals surface area contributed by atoms with Crippen LogP contribution in [0.2, 0.25) is 0 Å². The lowest BCUT2D eigenvalue weighted by Gasteiger charge is -2.35. The van der Waals surface area contributed by atoms with E-state index in [-0.39, 0.29) is 23.8 Å². The molecule has 4 aromatic rings. The molecule has 0 unspecified atom stereocenters. The van der Waals surface area contributed by atoms with Gasteiger partial charge in [-0.1, -0.05) is 24.3 Å². The molecule has 3 aliphatic rings. The van der Waals surface area contributed by atoms with E-state index in [1.54, 1.807) is 16.6 Å². The molecule has 10 heteroatoms. The zero-order valence-electron chi connectivity index (χ0n) is 26.2. The molecule has 2 amide bonds. The van der Waals surface area contributed by atoms with Gasteiger partial charge in [-0.2, -0.15) is 5.10 Å². The summed E-state index contributed by atoms with van der Waals surface area (Å²) in [6.45, 7) is 9.46. The Labute approximate surface area is 262 Å². The minimum atomic E-state index is -0.565. The summed E-state index contributed by atoms with van der Waals surface area (Å²) >= 11 is 0. The Kier molecular flexibility index (Phi) is 7.25. The molecule has 7 rings (SSSR count). The van der Waals surface area contributed by atoms with E-state index in [0.29, 0.717) is 48.2 Å². The van der Waals surface area contributed by atoms with E-state index in [1.165, 1.54) is 17.2 Å². The van der Waals surface area contributed by atoms with E-state index in [2.05, 4.69) is 29.3 Å². The van der Waals surface area contributed by atoms with Gasteiger partial charge in [0.15, 0.2) is 5.65 Å². The van der Waals surface area contributed by atoms with Crippen LogP contribution in [0.1, 0.15) is 86.2 Å². The van der Waals surface area contributed by atoms with E-state index >= 15 is 4.39 Å². The first-order chi connectivity index (χ1) is 21.5. The number of aromatic nitrogens is 3. The van der Waals surface area contributed by atoms with E-state index in [4.69, 9.17) is 14.8 Å². The molecule has 0 bridgehead atoms. The highest BCUT2D eigenvalue weighted by Gasteiger charge is 2.33. The number of hydrogen-bond acceptors (Lipinski definition) is 6. The van der Waals surface area contributed by atoms with Crippen molar-refractivity contribution in [2.45, 2.75) is 77.0 Å². The third-order valence-electron chi connectivity index (χ3n) is 9.03. The molecular weight excluding hydrogens is 571 g/mol. The number of halogens is 1. The number of anilines is 1. The van der Waals surface area contributed by atoms with Gasteiger partial charge in [0.1, 0.15) is 17.1 Å². The van der Waals surface area contributed by atoms with Gasteiger partial charge < -0.3 is 19.9 Å². The van der Waals surface area contributed by atoms with Crippen molar-refractivity contribution in [1.29, 1.82) is 0 Å². The number of nitrogens with one attached hydrogen (secondary N) is 1. The number of ether oxygens (including phenoxy) is 1. The first-order valence-electron chi connectivity index (χ1n) is 15.9. The minimum Gasteiger partial charge on any atom is -0.444 e. The standard InChI is InChI=1S/C35H39FN6O3/c1-21-26-8-6-5-7-22(26)13-16-41(21)33(43)30-18-31(23-9-10-23)42-32(38-30)19-29(39-42)27-12-11-25(17-28(27)36)40-15-14-24(20-40)37-34(44)45-35(2,3)4/h5-8,11-12,17-19,21,23-24H,9-10,13-16,20H2,1-4H3,(H,37,44)/t21-,24-/m1/s1. The van der Waals surface area contributed by atoms with Crippen molar-refractivity contribution in [2.75, 3.05) is 24.5 Å². The van der Waals surface area contributed by atoms with Gasteiger partial charge in [-0.15, -0.1) is 0 Å². The highest BCUT2D eigenvalue weighted by molar-refractivity contribution is 5.93. The first kappa shape index (κ1) is 29.3. The minimum absolute atomic E-state index is 0.0445. The average molecular weight is 611 g/mol.